The summed E-state index contributed by atoms with van der Waals surface area (Å²) in [6.45, 7) is 1.53. The van der Waals surface area contributed by atoms with Gasteiger partial charge in [-0.25, -0.2) is 18.4 Å². The average molecular weight is 270 g/mol. The molecular formula is C11H18N4O2S. The Morgan fingerprint density at radius 1 is 1.28 bits per heavy atom. The fourth-order valence-electron chi connectivity index (χ4n) is 1.92. The number of rotatable bonds is 4. The minimum Gasteiger partial charge on any atom is -0.373 e. The van der Waals surface area contributed by atoms with Crippen LogP contribution in [0.5, 0.6) is 0 Å². The molecule has 7 heteroatoms. The molecule has 0 saturated carbocycles. The minimum absolute atomic E-state index is 0.229. The molecule has 0 amide bonds. The van der Waals surface area contributed by atoms with Crippen molar-refractivity contribution in [1.82, 2.24) is 14.8 Å². The van der Waals surface area contributed by atoms with Gasteiger partial charge in [-0.2, -0.15) is 0 Å². The number of hydrogen-bond donors (Lipinski definition) is 2. The van der Waals surface area contributed by atoms with Crippen LogP contribution in [-0.4, -0.2) is 38.5 Å². The molecule has 1 aliphatic rings. The number of nitrogens with zero attached hydrogens (tertiary/aromatic N) is 2. The van der Waals surface area contributed by atoms with Crippen molar-refractivity contribution in [2.24, 2.45) is 0 Å². The molecule has 1 aliphatic heterocycles. The summed E-state index contributed by atoms with van der Waals surface area (Å²) in [6.07, 6.45) is 4.70. The standard InChI is InChI=1S/C11H18N4O2S/c1-12-11-9-10(5-6-13-11)18(16,17)14-15-7-3-2-4-8-15/h5-6,9,14H,2-4,7-8H2,1H3,(H,12,13). The van der Waals surface area contributed by atoms with Crippen molar-refractivity contribution in [2.75, 3.05) is 25.5 Å². The highest BCUT2D eigenvalue weighted by atomic mass is 32.2. The molecule has 1 fully saturated rings. The van der Waals surface area contributed by atoms with Gasteiger partial charge in [0.1, 0.15) is 5.82 Å². The maximum absolute atomic E-state index is 12.2. The van der Waals surface area contributed by atoms with E-state index in [2.05, 4.69) is 15.1 Å². The number of aromatic nitrogens is 1. The Bertz CT molecular complexity index is 498. The van der Waals surface area contributed by atoms with Crippen molar-refractivity contribution >= 4 is 15.8 Å². The molecule has 1 saturated heterocycles. The van der Waals surface area contributed by atoms with Crippen LogP contribution in [0.2, 0.25) is 0 Å². The van der Waals surface area contributed by atoms with Gasteiger partial charge in [-0.05, 0) is 18.9 Å². The maximum Gasteiger partial charge on any atom is 0.253 e. The van der Waals surface area contributed by atoms with Gasteiger partial charge in [-0.15, -0.1) is 4.83 Å². The first-order chi connectivity index (χ1) is 8.62. The number of anilines is 1. The van der Waals surface area contributed by atoms with Gasteiger partial charge in [0, 0.05) is 32.4 Å². The Hall–Kier alpha value is -1.18. The molecule has 2 heterocycles. The third-order valence-electron chi connectivity index (χ3n) is 2.90. The molecule has 2 rings (SSSR count). The number of nitrogens with one attached hydrogen (secondary N) is 2. The van der Waals surface area contributed by atoms with Crippen molar-refractivity contribution in [3.05, 3.63) is 18.3 Å². The first-order valence-electron chi connectivity index (χ1n) is 6.03. The minimum atomic E-state index is -3.50. The Morgan fingerprint density at radius 3 is 2.67 bits per heavy atom. The maximum atomic E-state index is 12.2. The highest BCUT2D eigenvalue weighted by molar-refractivity contribution is 7.89. The van der Waals surface area contributed by atoms with Crippen LogP contribution in [0, 0.1) is 0 Å². The molecule has 0 atom stereocenters. The van der Waals surface area contributed by atoms with Gasteiger partial charge in [0.2, 0.25) is 0 Å². The molecule has 0 unspecified atom stereocenters. The van der Waals surface area contributed by atoms with E-state index in [1.807, 2.05) is 0 Å². The lowest BCUT2D eigenvalue weighted by atomic mass is 10.2. The summed E-state index contributed by atoms with van der Waals surface area (Å²) in [5.74, 6) is 0.538. The summed E-state index contributed by atoms with van der Waals surface area (Å²) >= 11 is 0. The zero-order valence-electron chi connectivity index (χ0n) is 10.4. The van der Waals surface area contributed by atoms with Crippen molar-refractivity contribution in [2.45, 2.75) is 24.2 Å². The second-order valence-electron chi connectivity index (χ2n) is 4.27. The number of hydrogen-bond acceptors (Lipinski definition) is 5. The van der Waals surface area contributed by atoms with Crippen molar-refractivity contribution in [1.29, 1.82) is 0 Å². The molecule has 0 spiro atoms. The third-order valence-corrected chi connectivity index (χ3v) is 4.28. The Kier molecular flexibility index (Phi) is 4.15. The Labute approximate surface area is 107 Å². The quantitative estimate of drug-likeness (QED) is 0.846. The molecule has 1 aromatic heterocycles. The van der Waals surface area contributed by atoms with Crippen LogP contribution < -0.4 is 10.1 Å². The molecule has 0 radical (unpaired) electrons. The molecule has 0 aromatic carbocycles. The van der Waals surface area contributed by atoms with E-state index < -0.39 is 10.0 Å². The van der Waals surface area contributed by atoms with Crippen LogP contribution in [0.4, 0.5) is 5.82 Å². The van der Waals surface area contributed by atoms with Crippen LogP contribution in [0.1, 0.15) is 19.3 Å². The largest absolute Gasteiger partial charge is 0.373 e. The van der Waals surface area contributed by atoms with Crippen molar-refractivity contribution < 1.29 is 8.42 Å². The normalized spacial score (nSPS) is 17.6. The SMILES string of the molecule is CNc1cc(S(=O)(=O)NN2CCCCC2)ccn1. The topological polar surface area (TPSA) is 74.3 Å². The Morgan fingerprint density at radius 2 is 2.00 bits per heavy atom. The third kappa shape index (κ3) is 3.18. The van der Waals surface area contributed by atoms with Crippen LogP contribution >= 0.6 is 0 Å². The average Bonchev–Trinajstić information content (AvgIpc) is 2.39. The van der Waals surface area contributed by atoms with Crippen LogP contribution in [0.3, 0.4) is 0 Å². The predicted octanol–water partition coefficient (Wildman–Crippen LogP) is 0.802. The first-order valence-corrected chi connectivity index (χ1v) is 7.51. The van der Waals surface area contributed by atoms with E-state index in [4.69, 9.17) is 0 Å². The molecular weight excluding hydrogens is 252 g/mol. The van der Waals surface area contributed by atoms with Crippen LogP contribution in [-0.2, 0) is 10.0 Å². The molecule has 2 N–H and O–H groups in total. The number of hydrazine groups is 1. The summed E-state index contributed by atoms with van der Waals surface area (Å²) in [5, 5.41) is 4.59. The summed E-state index contributed by atoms with van der Waals surface area (Å²) in [6, 6.07) is 3.01. The molecule has 0 aliphatic carbocycles. The molecule has 18 heavy (non-hydrogen) atoms. The highest BCUT2D eigenvalue weighted by Gasteiger charge is 2.20. The first kappa shape index (κ1) is 13.3. The van der Waals surface area contributed by atoms with Gasteiger partial charge < -0.3 is 5.32 Å². The second kappa shape index (κ2) is 5.64. The van der Waals surface area contributed by atoms with E-state index >= 15 is 0 Å². The predicted molar refractivity (Wildman–Crippen MR) is 69.5 cm³/mol. The summed E-state index contributed by atoms with van der Waals surface area (Å²) in [7, 11) is -1.79. The lowest BCUT2D eigenvalue weighted by molar-refractivity contribution is 0.200. The highest BCUT2D eigenvalue weighted by Crippen LogP contribution is 2.14. The lowest BCUT2D eigenvalue weighted by Crippen LogP contribution is -2.44. The summed E-state index contributed by atoms with van der Waals surface area (Å²) < 4.78 is 24.3. The molecule has 0 bridgehead atoms. The fourth-order valence-corrected chi connectivity index (χ4v) is 3.06. The second-order valence-corrected chi connectivity index (χ2v) is 5.93. The van der Waals surface area contributed by atoms with E-state index in [0.717, 1.165) is 32.4 Å². The molecule has 100 valence electrons. The fraction of sp³-hybridized carbons (Fsp3) is 0.545. The van der Waals surface area contributed by atoms with E-state index in [0.29, 0.717) is 5.82 Å². The van der Waals surface area contributed by atoms with E-state index in [1.165, 1.54) is 18.3 Å². The molecule has 1 aromatic rings. The lowest BCUT2D eigenvalue weighted by Gasteiger charge is -2.26. The number of sulfonamides is 1. The van der Waals surface area contributed by atoms with Crippen LogP contribution in [0.15, 0.2) is 23.2 Å². The summed E-state index contributed by atoms with van der Waals surface area (Å²) in [5.41, 5.74) is 0. The Balaban J connectivity index is 2.13. The van der Waals surface area contributed by atoms with Gasteiger partial charge in [0.15, 0.2) is 0 Å². The number of pyridine rings is 1. The zero-order valence-corrected chi connectivity index (χ0v) is 11.2. The van der Waals surface area contributed by atoms with Gasteiger partial charge in [-0.1, -0.05) is 6.42 Å². The van der Waals surface area contributed by atoms with Gasteiger partial charge in [-0.3, -0.25) is 0 Å². The van der Waals surface area contributed by atoms with Gasteiger partial charge in [0.05, 0.1) is 4.90 Å². The molecule has 6 nitrogen and oxygen atoms in total. The van der Waals surface area contributed by atoms with E-state index in [1.54, 1.807) is 12.1 Å². The zero-order chi connectivity index (χ0) is 13.0. The van der Waals surface area contributed by atoms with Crippen LogP contribution in [0.25, 0.3) is 0 Å². The monoisotopic (exact) mass is 270 g/mol. The van der Waals surface area contributed by atoms with E-state index in [-0.39, 0.29) is 4.90 Å². The summed E-state index contributed by atoms with van der Waals surface area (Å²) in [4.78, 5) is 6.84. The van der Waals surface area contributed by atoms with Gasteiger partial charge in [0.25, 0.3) is 10.0 Å². The number of piperidine rings is 1. The van der Waals surface area contributed by atoms with Gasteiger partial charge >= 0.3 is 0 Å². The van der Waals surface area contributed by atoms with Crippen molar-refractivity contribution in [3.8, 4) is 0 Å². The van der Waals surface area contributed by atoms with Crippen molar-refractivity contribution in [3.63, 3.8) is 0 Å². The smallest absolute Gasteiger partial charge is 0.253 e. The van der Waals surface area contributed by atoms with E-state index in [9.17, 15) is 8.42 Å².